The van der Waals surface area contributed by atoms with Gasteiger partial charge in [0.15, 0.2) is 3.23 Å². The van der Waals surface area contributed by atoms with E-state index in [4.69, 9.17) is 5.11 Å². The van der Waals surface area contributed by atoms with Gasteiger partial charge in [-0.15, -0.1) is 0 Å². The number of hydrogen-bond donors (Lipinski definition) is 2. The Morgan fingerprint density at radius 3 is 2.36 bits per heavy atom. The number of nitrogens with one attached hydrogen (secondary N) is 1. The average molecular weight is 331 g/mol. The molecule has 0 aliphatic carbocycles. The normalized spacial score (nSPS) is 11.1. The first-order valence-corrected chi connectivity index (χ1v) is 5.80. The van der Waals surface area contributed by atoms with Gasteiger partial charge in [-0.2, -0.15) is 0 Å². The Balaban J connectivity index is 3.54. The monoisotopic (exact) mass is 329 g/mol. The Morgan fingerprint density at radius 1 is 1.36 bits per heavy atom. The van der Waals surface area contributed by atoms with E-state index in [9.17, 15) is 9.59 Å². The van der Waals surface area contributed by atoms with Gasteiger partial charge in [0, 0.05) is 13.5 Å². The van der Waals surface area contributed by atoms with E-state index in [0.29, 0.717) is 13.0 Å². The molecule has 0 aromatic carbocycles. The fourth-order valence-corrected chi connectivity index (χ4v) is 1.40. The van der Waals surface area contributed by atoms with E-state index in [1.165, 1.54) is 6.92 Å². The number of carbonyl (C=O) groups excluding carboxylic acids is 1. The Labute approximate surface area is 99.7 Å². The maximum Gasteiger partial charge on any atom is 0.331 e. The summed E-state index contributed by atoms with van der Waals surface area (Å²) in [5.41, 5.74) is 0. The summed E-state index contributed by atoms with van der Waals surface area (Å²) in [6, 6.07) is 0. The van der Waals surface area contributed by atoms with Crippen LogP contribution in [0.3, 0.4) is 0 Å². The van der Waals surface area contributed by atoms with Crippen LogP contribution in [0.2, 0.25) is 0 Å². The third-order valence-corrected chi connectivity index (χ3v) is 3.08. The lowest BCUT2D eigenvalue weighted by Gasteiger charge is -2.14. The number of carbonyl (C=O) groups is 2. The molecule has 0 atom stereocenters. The molecule has 14 heavy (non-hydrogen) atoms. The van der Waals surface area contributed by atoms with Crippen molar-refractivity contribution in [3.05, 3.63) is 0 Å². The first-order chi connectivity index (χ1) is 6.36. The standard InChI is InChI=1S/C8H13Br2NO3/c1-6(12)11-5-3-2-4-8(9,10)7(13)14/h2-5H2,1H3,(H,11,12)(H,13,14). The smallest absolute Gasteiger partial charge is 0.331 e. The summed E-state index contributed by atoms with van der Waals surface area (Å²) >= 11 is 6.11. The molecular weight excluding hydrogens is 318 g/mol. The second-order valence-corrected chi connectivity index (χ2v) is 6.72. The fourth-order valence-electron chi connectivity index (χ4n) is 0.843. The zero-order chi connectivity index (χ0) is 11.2. The molecule has 6 heteroatoms. The van der Waals surface area contributed by atoms with Crippen molar-refractivity contribution in [2.75, 3.05) is 6.54 Å². The van der Waals surface area contributed by atoms with Gasteiger partial charge < -0.3 is 10.4 Å². The second kappa shape index (κ2) is 6.40. The largest absolute Gasteiger partial charge is 0.480 e. The van der Waals surface area contributed by atoms with E-state index in [1.54, 1.807) is 0 Å². The molecule has 0 aliphatic rings. The fraction of sp³-hybridized carbons (Fsp3) is 0.750. The van der Waals surface area contributed by atoms with Crippen molar-refractivity contribution >= 4 is 43.7 Å². The van der Waals surface area contributed by atoms with E-state index < -0.39 is 9.20 Å². The Kier molecular flexibility index (Phi) is 6.35. The van der Waals surface area contributed by atoms with Crippen LogP contribution >= 0.6 is 31.9 Å². The molecule has 0 fully saturated rings. The second-order valence-electron chi connectivity index (χ2n) is 2.95. The van der Waals surface area contributed by atoms with E-state index >= 15 is 0 Å². The average Bonchev–Trinajstić information content (AvgIpc) is 2.02. The summed E-state index contributed by atoms with van der Waals surface area (Å²) in [7, 11) is 0. The molecular formula is C8H13Br2NO3. The van der Waals surface area contributed by atoms with Gasteiger partial charge in [0.1, 0.15) is 0 Å². The molecule has 82 valence electrons. The quantitative estimate of drug-likeness (QED) is 0.577. The number of rotatable bonds is 6. The molecule has 0 saturated heterocycles. The number of hydrogen-bond acceptors (Lipinski definition) is 2. The van der Waals surface area contributed by atoms with Crippen LogP contribution in [0.5, 0.6) is 0 Å². The number of unbranched alkanes of at least 4 members (excludes halogenated alkanes) is 1. The highest BCUT2D eigenvalue weighted by Crippen LogP contribution is 2.32. The lowest BCUT2D eigenvalue weighted by atomic mass is 10.2. The first-order valence-electron chi connectivity index (χ1n) is 4.22. The molecule has 0 unspecified atom stereocenters. The molecule has 1 amide bonds. The summed E-state index contributed by atoms with van der Waals surface area (Å²) < 4.78 is -1.03. The molecule has 0 radical (unpaired) electrons. The third-order valence-electron chi connectivity index (χ3n) is 1.60. The van der Waals surface area contributed by atoms with Crippen molar-refractivity contribution in [1.29, 1.82) is 0 Å². The Hall–Kier alpha value is -0.100. The SMILES string of the molecule is CC(=O)NCCCCC(Br)(Br)C(=O)O. The molecule has 0 aliphatic heterocycles. The molecule has 2 N–H and O–H groups in total. The van der Waals surface area contributed by atoms with Gasteiger partial charge in [-0.1, -0.05) is 31.9 Å². The highest BCUT2D eigenvalue weighted by molar-refractivity contribution is 9.25. The molecule has 0 heterocycles. The predicted octanol–water partition coefficient (Wildman–Crippen LogP) is 1.86. The minimum absolute atomic E-state index is 0.0628. The maximum absolute atomic E-state index is 10.6. The Morgan fingerprint density at radius 2 is 1.93 bits per heavy atom. The van der Waals surface area contributed by atoms with Crippen LogP contribution in [0.25, 0.3) is 0 Å². The van der Waals surface area contributed by atoms with Crippen LogP contribution in [-0.2, 0) is 9.59 Å². The number of aliphatic carboxylic acids is 1. The predicted molar refractivity (Wildman–Crippen MR) is 60.8 cm³/mol. The van der Waals surface area contributed by atoms with Crippen molar-refractivity contribution in [1.82, 2.24) is 5.32 Å². The summed E-state index contributed by atoms with van der Waals surface area (Å²) in [5.74, 6) is -0.996. The zero-order valence-electron chi connectivity index (χ0n) is 7.85. The lowest BCUT2D eigenvalue weighted by Crippen LogP contribution is -2.25. The van der Waals surface area contributed by atoms with Crippen LogP contribution < -0.4 is 5.32 Å². The van der Waals surface area contributed by atoms with Crippen LogP contribution in [-0.4, -0.2) is 26.8 Å². The van der Waals surface area contributed by atoms with Crippen molar-refractivity contribution in [2.24, 2.45) is 0 Å². The summed E-state index contributed by atoms with van der Waals surface area (Å²) in [5, 5.41) is 11.4. The highest BCUT2D eigenvalue weighted by atomic mass is 79.9. The first kappa shape index (κ1) is 13.9. The van der Waals surface area contributed by atoms with Crippen molar-refractivity contribution in [3.63, 3.8) is 0 Å². The van der Waals surface area contributed by atoms with Crippen LogP contribution in [0, 0.1) is 0 Å². The van der Waals surface area contributed by atoms with Gasteiger partial charge in [-0.3, -0.25) is 4.79 Å². The van der Waals surface area contributed by atoms with Gasteiger partial charge in [-0.25, -0.2) is 4.79 Å². The summed E-state index contributed by atoms with van der Waals surface area (Å²) in [6.07, 6.45) is 1.97. The van der Waals surface area contributed by atoms with E-state index in [-0.39, 0.29) is 5.91 Å². The van der Waals surface area contributed by atoms with E-state index in [1.807, 2.05) is 0 Å². The van der Waals surface area contributed by atoms with E-state index in [2.05, 4.69) is 37.2 Å². The number of alkyl halides is 2. The molecule has 0 aromatic rings. The van der Waals surface area contributed by atoms with Crippen molar-refractivity contribution < 1.29 is 14.7 Å². The molecule has 0 saturated carbocycles. The lowest BCUT2D eigenvalue weighted by molar-refractivity contribution is -0.137. The van der Waals surface area contributed by atoms with Crippen molar-refractivity contribution in [3.8, 4) is 0 Å². The van der Waals surface area contributed by atoms with E-state index in [0.717, 1.165) is 12.8 Å². The van der Waals surface area contributed by atoms with Crippen molar-refractivity contribution in [2.45, 2.75) is 29.4 Å². The molecule has 0 rings (SSSR count). The number of carboxylic acids is 1. The number of halogens is 2. The van der Waals surface area contributed by atoms with Gasteiger partial charge in [-0.05, 0) is 19.3 Å². The summed E-state index contributed by atoms with van der Waals surface area (Å²) in [4.78, 5) is 21.1. The topological polar surface area (TPSA) is 66.4 Å². The van der Waals surface area contributed by atoms with Gasteiger partial charge >= 0.3 is 5.97 Å². The minimum atomic E-state index is -1.03. The molecule has 0 aromatic heterocycles. The van der Waals surface area contributed by atoms with Gasteiger partial charge in [0.25, 0.3) is 0 Å². The number of carboxylic acid groups (broad SMARTS) is 1. The number of amides is 1. The molecule has 0 bridgehead atoms. The van der Waals surface area contributed by atoms with Crippen LogP contribution in [0.4, 0.5) is 0 Å². The van der Waals surface area contributed by atoms with Crippen LogP contribution in [0.1, 0.15) is 26.2 Å². The van der Waals surface area contributed by atoms with Gasteiger partial charge in [0.2, 0.25) is 5.91 Å². The van der Waals surface area contributed by atoms with Gasteiger partial charge in [0.05, 0.1) is 0 Å². The maximum atomic E-state index is 10.6. The minimum Gasteiger partial charge on any atom is -0.480 e. The zero-order valence-corrected chi connectivity index (χ0v) is 11.0. The van der Waals surface area contributed by atoms with Crippen LogP contribution in [0.15, 0.2) is 0 Å². The third kappa shape index (κ3) is 6.37. The Bertz CT molecular complexity index is 219. The molecule has 4 nitrogen and oxygen atoms in total. The molecule has 0 spiro atoms. The highest BCUT2D eigenvalue weighted by Gasteiger charge is 2.30. The summed E-state index contributed by atoms with van der Waals surface area (Å²) in [6.45, 7) is 2.04.